The van der Waals surface area contributed by atoms with Crippen molar-refractivity contribution < 1.29 is 28.5 Å². The van der Waals surface area contributed by atoms with Gasteiger partial charge in [-0.1, -0.05) is 52.7 Å². The summed E-state index contributed by atoms with van der Waals surface area (Å²) in [6, 6.07) is 15.4. The second-order valence-corrected chi connectivity index (χ2v) is 12.9. The van der Waals surface area contributed by atoms with E-state index in [1.165, 1.54) is 15.9 Å². The number of carbonyl (C=O) groups excluding carboxylic acids is 1. The highest BCUT2D eigenvalue weighted by Gasteiger charge is 2.34. The molecule has 1 aliphatic heterocycles. The highest BCUT2D eigenvalue weighted by Crippen LogP contribution is 2.38. The Bertz CT molecular complexity index is 2050. The quantitative estimate of drug-likeness (QED) is 0.148. The van der Waals surface area contributed by atoms with Crippen LogP contribution in [0.1, 0.15) is 57.4 Å². The van der Waals surface area contributed by atoms with E-state index in [1.54, 1.807) is 57.4 Å². The van der Waals surface area contributed by atoms with Gasteiger partial charge in [0.2, 0.25) is 0 Å². The van der Waals surface area contributed by atoms with Crippen molar-refractivity contribution in [3.05, 3.63) is 112 Å². The van der Waals surface area contributed by atoms with E-state index in [9.17, 15) is 9.59 Å². The molecule has 0 aliphatic carbocycles. The molecule has 2 heterocycles. The Morgan fingerprint density at radius 3 is 2.50 bits per heavy atom. The summed E-state index contributed by atoms with van der Waals surface area (Å²) >= 11 is 14.1. The number of esters is 1. The summed E-state index contributed by atoms with van der Waals surface area (Å²) < 4.78 is 30.8. The summed E-state index contributed by atoms with van der Waals surface area (Å²) in [7, 11) is 1.54. The highest BCUT2D eigenvalue weighted by atomic mass is 35.5. The van der Waals surface area contributed by atoms with Gasteiger partial charge in [0, 0.05) is 5.02 Å². The number of thiazole rings is 1. The third-order valence-electron chi connectivity index (χ3n) is 7.28. The van der Waals surface area contributed by atoms with Crippen LogP contribution in [0.15, 0.2) is 75.7 Å². The van der Waals surface area contributed by atoms with Gasteiger partial charge in [0.1, 0.15) is 6.61 Å². The molecular formula is C36H36Cl2N2O7S. The average Bonchev–Trinajstić information content (AvgIpc) is 3.33. The Kier molecular flexibility index (Phi) is 11.2. The molecule has 1 atom stereocenters. The van der Waals surface area contributed by atoms with Gasteiger partial charge >= 0.3 is 5.97 Å². The topological polar surface area (TPSA) is 97.6 Å². The van der Waals surface area contributed by atoms with Crippen LogP contribution in [0.2, 0.25) is 10.0 Å². The lowest BCUT2D eigenvalue weighted by molar-refractivity contribution is -0.139. The van der Waals surface area contributed by atoms with Crippen LogP contribution >= 0.6 is 34.5 Å². The molecule has 0 N–H and O–H groups in total. The van der Waals surface area contributed by atoms with E-state index in [0.717, 1.165) is 5.56 Å². The van der Waals surface area contributed by atoms with Crippen LogP contribution in [-0.4, -0.2) is 37.0 Å². The zero-order valence-electron chi connectivity index (χ0n) is 27.5. The first-order valence-electron chi connectivity index (χ1n) is 15.4. The number of halogens is 2. The predicted molar refractivity (Wildman–Crippen MR) is 188 cm³/mol. The number of fused-ring (bicyclic) bond motifs is 1. The highest BCUT2D eigenvalue weighted by molar-refractivity contribution is 7.07. The lowest BCUT2D eigenvalue weighted by atomic mass is 9.95. The smallest absolute Gasteiger partial charge is 0.338 e. The number of hydrogen-bond donors (Lipinski definition) is 0. The number of aromatic nitrogens is 1. The molecule has 48 heavy (non-hydrogen) atoms. The molecule has 5 rings (SSSR count). The van der Waals surface area contributed by atoms with Gasteiger partial charge in [-0.05, 0) is 93.8 Å². The van der Waals surface area contributed by atoms with Crippen LogP contribution in [-0.2, 0) is 16.1 Å². The Hall–Kier alpha value is -4.25. The number of ether oxygens (including phenoxy) is 5. The van der Waals surface area contributed by atoms with Crippen LogP contribution in [0.25, 0.3) is 6.08 Å². The van der Waals surface area contributed by atoms with Crippen molar-refractivity contribution in [2.75, 3.05) is 20.3 Å². The molecule has 9 nitrogen and oxygen atoms in total. The molecule has 0 bridgehead atoms. The molecule has 0 unspecified atom stereocenters. The van der Waals surface area contributed by atoms with E-state index in [2.05, 4.69) is 4.99 Å². The van der Waals surface area contributed by atoms with Crippen molar-refractivity contribution in [2.45, 2.75) is 53.4 Å². The first-order chi connectivity index (χ1) is 23.0. The lowest BCUT2D eigenvalue weighted by Crippen LogP contribution is -2.40. The van der Waals surface area contributed by atoms with E-state index < -0.39 is 12.0 Å². The number of rotatable bonds is 12. The molecule has 3 aromatic carbocycles. The molecule has 1 aliphatic rings. The fourth-order valence-corrected chi connectivity index (χ4v) is 6.85. The van der Waals surface area contributed by atoms with Crippen molar-refractivity contribution in [3.8, 4) is 23.0 Å². The largest absolute Gasteiger partial charge is 0.493 e. The molecule has 0 radical (unpaired) electrons. The second kappa shape index (κ2) is 15.3. The Labute approximate surface area is 292 Å². The maximum Gasteiger partial charge on any atom is 0.338 e. The van der Waals surface area contributed by atoms with E-state index >= 15 is 0 Å². The maximum absolute atomic E-state index is 14.2. The maximum atomic E-state index is 14.2. The number of carbonyl (C=O) groups is 1. The van der Waals surface area contributed by atoms with Gasteiger partial charge in [0.05, 0.1) is 53.3 Å². The van der Waals surface area contributed by atoms with Gasteiger partial charge in [-0.2, -0.15) is 0 Å². The van der Waals surface area contributed by atoms with Gasteiger partial charge in [0.25, 0.3) is 5.56 Å². The van der Waals surface area contributed by atoms with Gasteiger partial charge in [-0.15, -0.1) is 0 Å². The number of nitrogens with zero attached hydrogens (tertiary/aromatic N) is 2. The fraction of sp³-hybridized carbons (Fsp3) is 0.306. The van der Waals surface area contributed by atoms with Crippen molar-refractivity contribution in [2.24, 2.45) is 4.99 Å². The molecule has 252 valence electrons. The third-order valence-corrected chi connectivity index (χ3v) is 8.78. The molecule has 1 aromatic heterocycles. The Morgan fingerprint density at radius 1 is 1.02 bits per heavy atom. The van der Waals surface area contributed by atoms with E-state index in [-0.39, 0.29) is 30.5 Å². The molecule has 0 saturated carbocycles. The first kappa shape index (κ1) is 35.1. The van der Waals surface area contributed by atoms with Crippen molar-refractivity contribution >= 4 is 46.6 Å². The molecule has 0 fully saturated rings. The molecular weight excluding hydrogens is 675 g/mol. The summed E-state index contributed by atoms with van der Waals surface area (Å²) in [6.45, 7) is 9.93. The average molecular weight is 712 g/mol. The summed E-state index contributed by atoms with van der Waals surface area (Å²) in [5.74, 6) is 1.27. The summed E-state index contributed by atoms with van der Waals surface area (Å²) in [4.78, 5) is 32.6. The monoisotopic (exact) mass is 710 g/mol. The Morgan fingerprint density at radius 2 is 1.81 bits per heavy atom. The molecule has 4 aromatic rings. The summed E-state index contributed by atoms with van der Waals surface area (Å²) in [5, 5.41) is 0.920. The van der Waals surface area contributed by atoms with Crippen molar-refractivity contribution in [3.63, 3.8) is 0 Å². The minimum Gasteiger partial charge on any atom is -0.493 e. The van der Waals surface area contributed by atoms with Crippen molar-refractivity contribution in [1.82, 2.24) is 4.57 Å². The summed E-state index contributed by atoms with van der Waals surface area (Å²) in [5.41, 5.74) is 2.51. The molecule has 0 amide bonds. The van der Waals surface area contributed by atoms with Crippen LogP contribution < -0.4 is 33.8 Å². The summed E-state index contributed by atoms with van der Waals surface area (Å²) in [6.07, 6.45) is 1.64. The molecule has 0 saturated heterocycles. The van der Waals surface area contributed by atoms with E-state index in [1.807, 2.05) is 45.0 Å². The van der Waals surface area contributed by atoms with Gasteiger partial charge in [-0.25, -0.2) is 9.79 Å². The SMILES string of the molecule is CCOC(=O)C1=C(C)N=c2s/c(=C/c3cc(Cl)c(OCc4cccc(Cl)c4)c(OCC)c3)c(=O)n2[C@@H]1c1ccc(OC(C)C)c(OC)c1. The molecule has 0 spiro atoms. The van der Waals surface area contributed by atoms with Crippen LogP contribution in [0, 0.1) is 0 Å². The van der Waals surface area contributed by atoms with Crippen LogP contribution in [0.3, 0.4) is 0 Å². The van der Waals surface area contributed by atoms with Gasteiger partial charge in [0.15, 0.2) is 27.8 Å². The lowest BCUT2D eigenvalue weighted by Gasteiger charge is -2.25. The predicted octanol–water partition coefficient (Wildman–Crippen LogP) is 6.88. The molecule has 12 heteroatoms. The number of allylic oxidation sites excluding steroid dienone is 1. The Balaban J connectivity index is 1.61. The van der Waals surface area contributed by atoms with Crippen LogP contribution in [0.4, 0.5) is 0 Å². The zero-order chi connectivity index (χ0) is 34.5. The number of hydrogen-bond acceptors (Lipinski definition) is 9. The van der Waals surface area contributed by atoms with Gasteiger partial charge < -0.3 is 23.7 Å². The van der Waals surface area contributed by atoms with E-state index in [0.29, 0.717) is 65.8 Å². The fourth-order valence-electron chi connectivity index (χ4n) is 5.32. The minimum absolute atomic E-state index is 0.0833. The van der Waals surface area contributed by atoms with Crippen molar-refractivity contribution in [1.29, 1.82) is 0 Å². The number of methoxy groups -OCH3 is 1. The second-order valence-electron chi connectivity index (χ2n) is 11.1. The van der Waals surface area contributed by atoms with Gasteiger partial charge in [-0.3, -0.25) is 9.36 Å². The standard InChI is InChI=1S/C36H36Cl2N2O7S/c1-7-44-29-16-23(15-26(38)33(29)46-19-22-10-9-11-25(37)14-22)17-30-34(41)40-32(24-12-13-27(47-20(3)4)28(18-24)43-6)31(35(42)45-8-2)21(5)39-36(40)48-30/h9-18,20,32H,7-8,19H2,1-6H3/b30-17+/t32-/m1/s1. The minimum atomic E-state index is -0.825. The zero-order valence-corrected chi connectivity index (χ0v) is 29.8. The van der Waals surface area contributed by atoms with Crippen LogP contribution in [0.5, 0.6) is 23.0 Å². The normalized spacial score (nSPS) is 14.4. The first-order valence-corrected chi connectivity index (χ1v) is 17.0. The number of benzene rings is 3. The third kappa shape index (κ3) is 7.56. The van der Waals surface area contributed by atoms with E-state index in [4.69, 9.17) is 46.9 Å².